The summed E-state index contributed by atoms with van der Waals surface area (Å²) in [5.41, 5.74) is 2.09. The van der Waals surface area contributed by atoms with E-state index in [1.807, 2.05) is 60.7 Å². The molecule has 32 heavy (non-hydrogen) atoms. The summed E-state index contributed by atoms with van der Waals surface area (Å²) in [7, 11) is 1.28. The topological polar surface area (TPSA) is 106 Å². The maximum atomic E-state index is 12.8. The maximum Gasteiger partial charge on any atom is 0.339 e. The molecule has 0 saturated heterocycles. The van der Waals surface area contributed by atoms with E-state index in [0.717, 1.165) is 11.1 Å². The molecule has 0 bridgehead atoms. The fraction of sp³-hybridized carbons (Fsp3) is 0.0833. The maximum absolute atomic E-state index is 12.8. The van der Waals surface area contributed by atoms with Gasteiger partial charge >= 0.3 is 12.0 Å². The van der Waals surface area contributed by atoms with Crippen molar-refractivity contribution in [2.24, 2.45) is 0 Å². The molecule has 1 aromatic heterocycles. The number of anilines is 1. The molecule has 1 heterocycles. The number of nitrogens with zero attached hydrogens (tertiary/aromatic N) is 2. The van der Waals surface area contributed by atoms with Gasteiger partial charge in [-0.2, -0.15) is 0 Å². The van der Waals surface area contributed by atoms with Crippen LogP contribution in [0, 0.1) is 0 Å². The fourth-order valence-corrected chi connectivity index (χ4v) is 3.15. The van der Waals surface area contributed by atoms with E-state index in [2.05, 4.69) is 20.8 Å². The van der Waals surface area contributed by atoms with Crippen molar-refractivity contribution in [3.8, 4) is 11.5 Å². The number of hydrogen-bond acceptors (Lipinski definition) is 6. The number of carbonyl (C=O) groups is 2. The lowest BCUT2D eigenvalue weighted by Crippen LogP contribution is -2.34. The molecule has 3 aromatic carbocycles. The Morgan fingerprint density at radius 2 is 1.53 bits per heavy atom. The Kier molecular flexibility index (Phi) is 6.22. The summed E-state index contributed by atoms with van der Waals surface area (Å²) in [6, 6.07) is 24.0. The van der Waals surface area contributed by atoms with Crippen LogP contribution >= 0.6 is 0 Å². The number of amides is 2. The second-order valence-electron chi connectivity index (χ2n) is 6.79. The number of hydrogen-bond donors (Lipinski definition) is 2. The lowest BCUT2D eigenvalue weighted by atomic mass is 10.1. The van der Waals surface area contributed by atoms with Gasteiger partial charge in [-0.3, -0.25) is 0 Å². The molecule has 0 fully saturated rings. The summed E-state index contributed by atoms with van der Waals surface area (Å²) in [6.07, 6.45) is 0. The number of nitrogens with one attached hydrogen (secondary N) is 2. The van der Waals surface area contributed by atoms with E-state index in [0.29, 0.717) is 11.6 Å². The highest BCUT2D eigenvalue weighted by atomic mass is 16.5. The van der Waals surface area contributed by atoms with Gasteiger partial charge in [-0.25, -0.2) is 9.59 Å². The Labute approximate surface area is 184 Å². The standard InChI is InChI=1S/C24H20N4O4/c1-31-23(29)18-14-8-9-15-19(18)25-24(30)26-20(16-10-4-2-5-11-16)22-28-27-21(32-22)17-12-6-3-7-13-17/h2-15,20H,1H3,(H2,25,26,30)/t20-/m1/s1. The van der Waals surface area contributed by atoms with Gasteiger partial charge in [0.05, 0.1) is 18.4 Å². The molecule has 0 aliphatic heterocycles. The third-order valence-corrected chi connectivity index (χ3v) is 4.70. The van der Waals surface area contributed by atoms with E-state index in [1.54, 1.807) is 24.3 Å². The molecule has 4 rings (SSSR count). The molecule has 4 aromatic rings. The second-order valence-corrected chi connectivity index (χ2v) is 6.79. The van der Waals surface area contributed by atoms with Crippen molar-refractivity contribution in [3.05, 3.63) is 102 Å². The molecule has 0 spiro atoms. The third-order valence-electron chi connectivity index (χ3n) is 4.70. The van der Waals surface area contributed by atoms with Crippen molar-refractivity contribution in [2.45, 2.75) is 6.04 Å². The number of methoxy groups -OCH3 is 1. The number of benzene rings is 3. The number of urea groups is 1. The van der Waals surface area contributed by atoms with Crippen molar-refractivity contribution in [1.29, 1.82) is 0 Å². The van der Waals surface area contributed by atoms with Crippen molar-refractivity contribution >= 4 is 17.7 Å². The predicted molar refractivity (Wildman–Crippen MR) is 118 cm³/mol. The van der Waals surface area contributed by atoms with Crippen LogP contribution in [0.3, 0.4) is 0 Å². The Morgan fingerprint density at radius 1 is 0.875 bits per heavy atom. The normalized spacial score (nSPS) is 11.4. The molecule has 0 saturated carbocycles. The minimum atomic E-state index is -0.702. The molecule has 2 N–H and O–H groups in total. The number of esters is 1. The second kappa shape index (κ2) is 9.57. The van der Waals surface area contributed by atoms with Gasteiger partial charge in [0.25, 0.3) is 0 Å². The lowest BCUT2D eigenvalue weighted by molar-refractivity contribution is 0.0602. The fourth-order valence-electron chi connectivity index (χ4n) is 3.15. The first-order valence-electron chi connectivity index (χ1n) is 9.84. The van der Waals surface area contributed by atoms with Crippen LogP contribution in [0.4, 0.5) is 10.5 Å². The third kappa shape index (κ3) is 4.65. The van der Waals surface area contributed by atoms with Gasteiger partial charge in [0.1, 0.15) is 6.04 Å². The van der Waals surface area contributed by atoms with Gasteiger partial charge in [0, 0.05) is 5.56 Å². The monoisotopic (exact) mass is 428 g/mol. The summed E-state index contributed by atoms with van der Waals surface area (Å²) in [4.78, 5) is 24.8. The first-order valence-corrected chi connectivity index (χ1v) is 9.84. The Hall–Kier alpha value is -4.46. The van der Waals surface area contributed by atoms with Gasteiger partial charge in [0.15, 0.2) is 0 Å². The highest BCUT2D eigenvalue weighted by molar-refractivity contribution is 6.00. The van der Waals surface area contributed by atoms with Crippen LogP contribution in [0.2, 0.25) is 0 Å². The number of carbonyl (C=O) groups excluding carboxylic acids is 2. The first kappa shape index (κ1) is 20.8. The number of ether oxygens (including phenoxy) is 1. The van der Waals surface area contributed by atoms with Crippen molar-refractivity contribution in [2.75, 3.05) is 12.4 Å². The predicted octanol–water partition coefficient (Wildman–Crippen LogP) is 4.43. The summed E-state index contributed by atoms with van der Waals surface area (Å²) < 4.78 is 10.7. The highest BCUT2D eigenvalue weighted by Gasteiger charge is 2.24. The van der Waals surface area contributed by atoms with Gasteiger partial charge in [-0.05, 0) is 29.8 Å². The largest absolute Gasteiger partial charge is 0.465 e. The molecule has 8 nitrogen and oxygen atoms in total. The van der Waals surface area contributed by atoms with Crippen molar-refractivity contribution < 1.29 is 18.7 Å². The molecule has 160 valence electrons. The van der Waals surface area contributed by atoms with Gasteiger partial charge in [-0.15, -0.1) is 10.2 Å². The smallest absolute Gasteiger partial charge is 0.339 e. The molecule has 8 heteroatoms. The Morgan fingerprint density at radius 3 is 2.25 bits per heavy atom. The van der Waals surface area contributed by atoms with Crippen LogP contribution in [0.1, 0.15) is 27.9 Å². The van der Waals surface area contributed by atoms with Crippen LogP contribution in [-0.2, 0) is 4.74 Å². The lowest BCUT2D eigenvalue weighted by Gasteiger charge is -2.17. The molecule has 2 amide bonds. The molecule has 0 aliphatic carbocycles. The van der Waals surface area contributed by atoms with E-state index in [1.165, 1.54) is 7.11 Å². The quantitative estimate of drug-likeness (QED) is 0.440. The van der Waals surface area contributed by atoms with Gasteiger partial charge in [-0.1, -0.05) is 60.7 Å². The molecule has 0 unspecified atom stereocenters. The molecular formula is C24H20N4O4. The number of rotatable bonds is 6. The highest BCUT2D eigenvalue weighted by Crippen LogP contribution is 2.25. The summed E-state index contributed by atoms with van der Waals surface area (Å²) in [5.74, 6) is 0.0242. The zero-order valence-electron chi connectivity index (χ0n) is 17.2. The van der Waals surface area contributed by atoms with Crippen molar-refractivity contribution in [1.82, 2.24) is 15.5 Å². The first-order chi connectivity index (χ1) is 15.7. The minimum absolute atomic E-state index is 0.228. The van der Waals surface area contributed by atoms with Gasteiger partial charge < -0.3 is 19.8 Å². The average molecular weight is 428 g/mol. The average Bonchev–Trinajstić information content (AvgIpc) is 3.33. The molecule has 0 aliphatic rings. The van der Waals surface area contributed by atoms with Crippen LogP contribution in [-0.4, -0.2) is 29.3 Å². The van der Waals surface area contributed by atoms with Crippen LogP contribution < -0.4 is 10.6 Å². The number of aromatic nitrogens is 2. The van der Waals surface area contributed by atoms with Gasteiger partial charge in [0.2, 0.25) is 11.8 Å². The molecule has 0 radical (unpaired) electrons. The van der Waals surface area contributed by atoms with Crippen molar-refractivity contribution in [3.63, 3.8) is 0 Å². The SMILES string of the molecule is COC(=O)c1ccccc1NC(=O)N[C@H](c1ccccc1)c1nnc(-c2ccccc2)o1. The summed E-state index contributed by atoms with van der Waals surface area (Å²) in [5, 5.41) is 13.8. The van der Waals surface area contributed by atoms with Crippen LogP contribution in [0.5, 0.6) is 0 Å². The number of para-hydroxylation sites is 1. The van der Waals surface area contributed by atoms with E-state index in [9.17, 15) is 9.59 Å². The van der Waals surface area contributed by atoms with Crippen LogP contribution in [0.25, 0.3) is 11.5 Å². The molecule has 1 atom stereocenters. The van der Waals surface area contributed by atoms with E-state index in [4.69, 9.17) is 9.15 Å². The zero-order chi connectivity index (χ0) is 22.3. The zero-order valence-corrected chi connectivity index (χ0v) is 17.2. The minimum Gasteiger partial charge on any atom is -0.465 e. The van der Waals surface area contributed by atoms with E-state index >= 15 is 0 Å². The Balaban J connectivity index is 1.60. The summed E-state index contributed by atoms with van der Waals surface area (Å²) in [6.45, 7) is 0. The molecular weight excluding hydrogens is 408 g/mol. The van der Waals surface area contributed by atoms with E-state index < -0.39 is 18.0 Å². The van der Waals surface area contributed by atoms with E-state index in [-0.39, 0.29) is 11.5 Å². The Bertz CT molecular complexity index is 1210. The van der Waals surface area contributed by atoms with Crippen LogP contribution in [0.15, 0.2) is 89.3 Å². The summed E-state index contributed by atoms with van der Waals surface area (Å²) >= 11 is 0.